The van der Waals surface area contributed by atoms with Crippen LogP contribution in [0.2, 0.25) is 0 Å². The van der Waals surface area contributed by atoms with E-state index < -0.39 is 0 Å². The Kier molecular flexibility index (Phi) is 42.3. The van der Waals surface area contributed by atoms with Crippen LogP contribution in [-0.4, -0.2) is 60.9 Å². The van der Waals surface area contributed by atoms with Gasteiger partial charge in [-0.3, -0.25) is 9.67 Å². The number of aryl methyl sites for hydroxylation is 6. The van der Waals surface area contributed by atoms with Crippen LogP contribution >= 0.6 is 45.3 Å². The number of rotatable bonds is 12. The van der Waals surface area contributed by atoms with Crippen LogP contribution in [0.25, 0.3) is 0 Å². The van der Waals surface area contributed by atoms with Crippen molar-refractivity contribution in [2.75, 3.05) is 7.11 Å². The Labute approximate surface area is 574 Å². The second-order valence-electron chi connectivity index (χ2n) is 25.1. The van der Waals surface area contributed by atoms with Gasteiger partial charge in [-0.1, -0.05) is 173 Å². The van der Waals surface area contributed by atoms with E-state index in [1.54, 1.807) is 53.5 Å². The zero-order valence-electron chi connectivity index (χ0n) is 61.3. The predicted molar refractivity (Wildman–Crippen MR) is 402 cm³/mol. The maximum absolute atomic E-state index is 5.10. The molecule has 9 heterocycles. The molecule has 0 unspecified atom stereocenters. The molecule has 0 aliphatic carbocycles. The van der Waals surface area contributed by atoms with Gasteiger partial charge in [-0.05, 0) is 137 Å². The highest BCUT2D eigenvalue weighted by Gasteiger charge is 2.10. The summed E-state index contributed by atoms with van der Waals surface area (Å²) in [5.41, 5.74) is 9.93. The van der Waals surface area contributed by atoms with Gasteiger partial charge >= 0.3 is 0 Å². The Bertz CT molecular complexity index is 3130. The van der Waals surface area contributed by atoms with Crippen molar-refractivity contribution in [3.05, 3.63) is 215 Å². The number of hydrogen-bond acceptors (Lipinski definition) is 13. The third kappa shape index (κ3) is 35.0. The summed E-state index contributed by atoms with van der Waals surface area (Å²) in [4.78, 5) is 32.1. The maximum atomic E-state index is 5.10. The van der Waals surface area contributed by atoms with Gasteiger partial charge in [0.15, 0.2) is 0 Å². The first kappa shape index (κ1) is 83.6. The number of nitrogens with zero attached hydrogens (tertiary/aromatic N) is 11. The smallest absolute Gasteiger partial charge is 0.216 e. The van der Waals surface area contributed by atoms with Crippen molar-refractivity contribution in [1.82, 2.24) is 53.8 Å². The van der Waals surface area contributed by atoms with Crippen LogP contribution in [0.15, 0.2) is 145 Å². The largest absolute Gasteiger partial charge is 0.481 e. The fourth-order valence-corrected chi connectivity index (χ4v) is 11.2. The molecule has 12 nitrogen and oxygen atoms in total. The molecule has 1 aromatic carbocycles. The van der Waals surface area contributed by atoms with E-state index in [0.29, 0.717) is 59.3 Å². The third-order valence-corrected chi connectivity index (χ3v) is 17.4. The maximum Gasteiger partial charge on any atom is 0.216 e. The first-order valence-electron chi connectivity index (χ1n) is 32.7. The molecule has 506 valence electrons. The van der Waals surface area contributed by atoms with Gasteiger partial charge in [-0.15, -0.1) is 45.3 Å². The summed E-state index contributed by atoms with van der Waals surface area (Å²) in [6.07, 6.45) is 17.0. The lowest BCUT2D eigenvalue weighted by Crippen LogP contribution is -1.96. The summed E-state index contributed by atoms with van der Waals surface area (Å²) in [5, 5.41) is 14.3. The molecule has 10 aromatic rings. The van der Waals surface area contributed by atoms with Crippen molar-refractivity contribution in [2.24, 2.45) is 7.05 Å². The topological polar surface area (TPSA) is 127 Å². The molecule has 0 radical (unpaired) electrons. The van der Waals surface area contributed by atoms with E-state index in [4.69, 9.17) is 4.74 Å². The standard InChI is InChI=1S/C9H16N2.C9H13NO.C9H12.C8H13NS.C8H11N.C7H12N2.C7H11NS.C7H10S.C6H10N2.C6H9NS/c1-5-11-6-8(4)9(10-11)7(2)3;1-7(2)8-5-4-6-10-9(8)11-3;1-8(2)9-6-4-3-5-7-9;1-5(2)8-6(3)10-7(4)9-8;1-7(2)8-5-3-4-6-9-8;1-6(2)7-4-9(3)5-8-7;1-5(2)7-4-9-6(3)8-7;1-6(2)7-4-3-5-8-7;1-6(2)8-4-3-7-5-8;1-5(2)6-7-3-4-8-6/h6-7H,5H2,1-4H3;4-7H,1-3H3;3-8H,1-2H3;5H,1-4H3;3-7H,1-2H3;4-6H,1-3H3;4-5H,1-3H3;2*3-6H,1-2H3;3-5H,1-2H3. The Morgan fingerprint density at radius 2 is 1.12 bits per heavy atom. The monoisotopic (exact) mass is 1330 g/mol. The van der Waals surface area contributed by atoms with Crippen molar-refractivity contribution in [2.45, 2.75) is 239 Å². The number of aromatic nitrogens is 11. The van der Waals surface area contributed by atoms with E-state index in [0.717, 1.165) is 29.4 Å². The minimum atomic E-state index is 0.471. The van der Waals surface area contributed by atoms with Crippen LogP contribution in [0.3, 0.4) is 0 Å². The van der Waals surface area contributed by atoms with Gasteiger partial charge in [-0.2, -0.15) is 5.10 Å². The van der Waals surface area contributed by atoms with E-state index >= 15 is 0 Å². The van der Waals surface area contributed by atoms with Gasteiger partial charge < -0.3 is 13.9 Å². The lowest BCUT2D eigenvalue weighted by atomic mass is 10.0. The molecular weight excluding hydrogens is 1210 g/mol. The van der Waals surface area contributed by atoms with Gasteiger partial charge in [0, 0.05) is 101 Å². The lowest BCUT2D eigenvalue weighted by Gasteiger charge is -2.08. The van der Waals surface area contributed by atoms with Crippen molar-refractivity contribution in [1.29, 1.82) is 0 Å². The fraction of sp³-hybridized carbons (Fsp3) is 0.500. The molecule has 0 bridgehead atoms. The van der Waals surface area contributed by atoms with Crippen LogP contribution in [0.4, 0.5) is 0 Å². The lowest BCUT2D eigenvalue weighted by molar-refractivity contribution is 0.390. The highest BCUT2D eigenvalue weighted by molar-refractivity contribution is 7.11. The molecule has 0 fully saturated rings. The van der Waals surface area contributed by atoms with E-state index in [2.05, 4.69) is 264 Å². The molecule has 92 heavy (non-hydrogen) atoms. The van der Waals surface area contributed by atoms with Gasteiger partial charge in [-0.25, -0.2) is 29.9 Å². The molecule has 0 N–H and O–H groups in total. The number of ether oxygens (including phenoxy) is 1. The van der Waals surface area contributed by atoms with Gasteiger partial charge in [0.2, 0.25) is 5.88 Å². The van der Waals surface area contributed by atoms with Crippen molar-refractivity contribution >= 4 is 45.3 Å². The van der Waals surface area contributed by atoms with E-state index in [1.165, 1.54) is 53.0 Å². The van der Waals surface area contributed by atoms with Gasteiger partial charge in [0.25, 0.3) is 0 Å². The number of thiophene rings is 1. The summed E-state index contributed by atoms with van der Waals surface area (Å²) >= 11 is 7.06. The Balaban J connectivity index is 0.000000512. The first-order valence-corrected chi connectivity index (χ1v) is 36.1. The zero-order chi connectivity index (χ0) is 69.5. The summed E-state index contributed by atoms with van der Waals surface area (Å²) < 4.78 is 11.1. The highest BCUT2D eigenvalue weighted by atomic mass is 32.1. The SMILES string of the molecule is CC(C)c1ccccc1.CC(C)c1ccccn1.CC(C)c1cccs1.CC(C)c1cn(C)cn1.CC(C)c1nccs1.CC(C)n1ccnc1.CCn1cc(C)c(C(C)C)n1.COc1ncccc1C(C)C.Cc1nc(C(C)C)c(C)s1.Cc1nc(C(C)C)cs1. The minimum Gasteiger partial charge on any atom is -0.481 e. The van der Waals surface area contributed by atoms with Crippen molar-refractivity contribution < 1.29 is 4.74 Å². The average Bonchev–Trinajstić information content (AvgIpc) is 2.27. The second-order valence-corrected chi connectivity index (χ2v) is 29.5. The molecule has 0 atom stereocenters. The summed E-state index contributed by atoms with van der Waals surface area (Å²) in [6.45, 7) is 54.7. The summed E-state index contributed by atoms with van der Waals surface area (Å²) in [7, 11) is 3.63. The fourth-order valence-electron chi connectivity index (χ4n) is 8.01. The quantitative estimate of drug-likeness (QED) is 0.117. The molecule has 0 saturated carbocycles. The molecule has 0 aliphatic rings. The molecular formula is C76H117N11OS4. The summed E-state index contributed by atoms with van der Waals surface area (Å²) in [5.74, 6) is 5.96. The number of benzene rings is 1. The van der Waals surface area contributed by atoms with Crippen molar-refractivity contribution in [3.8, 4) is 5.88 Å². The number of hydrogen-bond donors (Lipinski definition) is 0. The van der Waals surface area contributed by atoms with E-state index in [-0.39, 0.29) is 0 Å². The van der Waals surface area contributed by atoms with E-state index in [1.807, 2.05) is 114 Å². The number of pyridine rings is 2. The number of imidazole rings is 2. The van der Waals surface area contributed by atoms with Crippen LogP contribution in [0.1, 0.15) is 275 Å². The molecule has 0 spiro atoms. The molecule has 0 aliphatic heterocycles. The second kappa shape index (κ2) is 46.6. The van der Waals surface area contributed by atoms with Gasteiger partial charge in [0.1, 0.15) is 0 Å². The minimum absolute atomic E-state index is 0.471. The van der Waals surface area contributed by atoms with Crippen LogP contribution in [0.5, 0.6) is 5.88 Å². The summed E-state index contributed by atoms with van der Waals surface area (Å²) in [6, 6.07) is 25.3. The Morgan fingerprint density at radius 3 is 1.40 bits per heavy atom. The Morgan fingerprint density at radius 1 is 0.489 bits per heavy atom. The molecule has 9 aromatic heterocycles. The molecule has 10 rings (SSSR count). The normalized spacial score (nSPS) is 10.5. The van der Waals surface area contributed by atoms with Gasteiger partial charge in [0.05, 0.1) is 57.6 Å². The highest BCUT2D eigenvalue weighted by Crippen LogP contribution is 2.25. The third-order valence-electron chi connectivity index (χ3n) is 13.4. The van der Waals surface area contributed by atoms with E-state index in [9.17, 15) is 0 Å². The van der Waals surface area contributed by atoms with Crippen molar-refractivity contribution in [3.63, 3.8) is 0 Å². The van der Waals surface area contributed by atoms with Crippen LogP contribution < -0.4 is 4.74 Å². The molecule has 0 saturated heterocycles. The molecule has 16 heteroatoms. The van der Waals surface area contributed by atoms with Crippen LogP contribution in [0, 0.1) is 27.7 Å². The Hall–Kier alpha value is -6.46. The first-order chi connectivity index (χ1) is 43.4. The van der Waals surface area contributed by atoms with Crippen LogP contribution in [-0.2, 0) is 13.6 Å². The average molecular weight is 1330 g/mol. The number of thiazole rings is 3. The zero-order valence-corrected chi connectivity index (χ0v) is 64.6. The predicted octanol–water partition coefficient (Wildman–Crippen LogP) is 23.2. The number of methoxy groups -OCH3 is 1. The molecule has 0 amide bonds.